The summed E-state index contributed by atoms with van der Waals surface area (Å²) in [5.41, 5.74) is 1.24. The van der Waals surface area contributed by atoms with E-state index >= 15 is 0 Å². The zero-order valence-electron chi connectivity index (χ0n) is 11.0. The number of amides is 1. The van der Waals surface area contributed by atoms with Gasteiger partial charge in [-0.1, -0.05) is 6.07 Å². The first kappa shape index (κ1) is 12.6. The molecule has 0 saturated heterocycles. The molecule has 1 N–H and O–H groups in total. The Morgan fingerprint density at radius 1 is 1.33 bits per heavy atom. The van der Waals surface area contributed by atoms with Crippen molar-refractivity contribution in [3.63, 3.8) is 0 Å². The van der Waals surface area contributed by atoms with E-state index in [0.29, 0.717) is 0 Å². The Hall–Kier alpha value is -1.84. The molecule has 1 aliphatic rings. The van der Waals surface area contributed by atoms with Crippen LogP contribution in [0.2, 0.25) is 0 Å². The molecule has 18 heavy (non-hydrogen) atoms. The van der Waals surface area contributed by atoms with E-state index in [1.165, 1.54) is 0 Å². The van der Waals surface area contributed by atoms with Crippen LogP contribution >= 0.6 is 0 Å². The minimum atomic E-state index is -0.973. The molecule has 96 valence electrons. The standard InChI is InChI=1S/C14H17NO3/c1-8(2)15-11-7-9(12(16)17)5-6-10(11)14(3,4)13(15)18/h5-8H,1-4H3,(H,16,17). The third-order valence-electron chi connectivity index (χ3n) is 3.45. The first-order chi connectivity index (χ1) is 8.26. The quantitative estimate of drug-likeness (QED) is 0.873. The Morgan fingerprint density at radius 3 is 2.44 bits per heavy atom. The van der Waals surface area contributed by atoms with Gasteiger partial charge in [-0.25, -0.2) is 4.79 Å². The fourth-order valence-corrected chi connectivity index (χ4v) is 2.43. The highest BCUT2D eigenvalue weighted by Crippen LogP contribution is 2.42. The summed E-state index contributed by atoms with van der Waals surface area (Å²) in [5, 5.41) is 9.03. The summed E-state index contributed by atoms with van der Waals surface area (Å²) in [4.78, 5) is 25.1. The van der Waals surface area contributed by atoms with Crippen LogP contribution in [0.4, 0.5) is 5.69 Å². The maximum Gasteiger partial charge on any atom is 0.335 e. The molecule has 0 aliphatic carbocycles. The van der Waals surface area contributed by atoms with Crippen molar-refractivity contribution in [2.45, 2.75) is 39.2 Å². The van der Waals surface area contributed by atoms with Gasteiger partial charge in [-0.05, 0) is 45.4 Å². The second-order valence-electron chi connectivity index (χ2n) is 5.43. The average Bonchev–Trinajstić information content (AvgIpc) is 2.47. The Morgan fingerprint density at radius 2 is 1.94 bits per heavy atom. The van der Waals surface area contributed by atoms with E-state index in [1.54, 1.807) is 23.1 Å². The zero-order chi connectivity index (χ0) is 13.7. The lowest BCUT2D eigenvalue weighted by Gasteiger charge is -2.24. The number of aromatic carboxylic acids is 1. The molecule has 0 saturated carbocycles. The number of carbonyl (C=O) groups excluding carboxylic acids is 1. The SMILES string of the molecule is CC(C)N1C(=O)C(C)(C)c2ccc(C(=O)O)cc21. The van der Waals surface area contributed by atoms with Crippen molar-refractivity contribution in [2.75, 3.05) is 4.90 Å². The third-order valence-corrected chi connectivity index (χ3v) is 3.45. The fourth-order valence-electron chi connectivity index (χ4n) is 2.43. The molecule has 0 spiro atoms. The lowest BCUT2D eigenvalue weighted by molar-refractivity contribution is -0.122. The van der Waals surface area contributed by atoms with E-state index < -0.39 is 11.4 Å². The number of hydrogen-bond acceptors (Lipinski definition) is 2. The molecule has 0 fully saturated rings. The van der Waals surface area contributed by atoms with Crippen LogP contribution in [-0.2, 0) is 10.2 Å². The summed E-state index contributed by atoms with van der Waals surface area (Å²) >= 11 is 0. The summed E-state index contributed by atoms with van der Waals surface area (Å²) in [6, 6.07) is 4.91. The summed E-state index contributed by atoms with van der Waals surface area (Å²) in [7, 11) is 0. The van der Waals surface area contributed by atoms with Crippen molar-refractivity contribution in [1.29, 1.82) is 0 Å². The number of carbonyl (C=O) groups is 2. The van der Waals surface area contributed by atoms with E-state index in [4.69, 9.17) is 5.11 Å². The highest BCUT2D eigenvalue weighted by Gasteiger charge is 2.44. The first-order valence-corrected chi connectivity index (χ1v) is 5.98. The number of carboxylic acid groups (broad SMARTS) is 1. The lowest BCUT2D eigenvalue weighted by Crippen LogP contribution is -2.40. The molecule has 0 radical (unpaired) electrons. The van der Waals surface area contributed by atoms with Gasteiger partial charge in [0.15, 0.2) is 0 Å². The molecule has 1 aromatic rings. The van der Waals surface area contributed by atoms with Crippen LogP contribution in [0.25, 0.3) is 0 Å². The summed E-state index contributed by atoms with van der Waals surface area (Å²) in [5.74, 6) is -0.950. The maximum absolute atomic E-state index is 12.4. The number of rotatable bonds is 2. The number of hydrogen-bond donors (Lipinski definition) is 1. The average molecular weight is 247 g/mol. The van der Waals surface area contributed by atoms with Crippen LogP contribution in [0.5, 0.6) is 0 Å². The number of nitrogens with zero attached hydrogens (tertiary/aromatic N) is 1. The van der Waals surface area contributed by atoms with Gasteiger partial charge in [-0.15, -0.1) is 0 Å². The molecular weight excluding hydrogens is 230 g/mol. The van der Waals surface area contributed by atoms with E-state index in [0.717, 1.165) is 11.3 Å². The van der Waals surface area contributed by atoms with Gasteiger partial charge in [0.05, 0.1) is 11.0 Å². The van der Waals surface area contributed by atoms with Crippen LogP contribution in [0.1, 0.15) is 43.6 Å². The van der Waals surface area contributed by atoms with Crippen LogP contribution in [0.3, 0.4) is 0 Å². The number of benzene rings is 1. The van der Waals surface area contributed by atoms with Crippen molar-refractivity contribution in [3.8, 4) is 0 Å². The minimum Gasteiger partial charge on any atom is -0.478 e. The van der Waals surface area contributed by atoms with Gasteiger partial charge in [-0.2, -0.15) is 0 Å². The van der Waals surface area contributed by atoms with Gasteiger partial charge in [0.2, 0.25) is 5.91 Å². The Kier molecular flexibility index (Phi) is 2.69. The monoisotopic (exact) mass is 247 g/mol. The van der Waals surface area contributed by atoms with Crippen LogP contribution in [-0.4, -0.2) is 23.0 Å². The molecule has 0 atom stereocenters. The molecule has 1 aromatic carbocycles. The highest BCUT2D eigenvalue weighted by atomic mass is 16.4. The van der Waals surface area contributed by atoms with E-state index in [-0.39, 0.29) is 17.5 Å². The Balaban J connectivity index is 2.65. The molecule has 0 unspecified atom stereocenters. The van der Waals surface area contributed by atoms with Gasteiger partial charge < -0.3 is 10.0 Å². The molecule has 0 aromatic heterocycles. The van der Waals surface area contributed by atoms with Gasteiger partial charge in [0, 0.05) is 11.7 Å². The van der Waals surface area contributed by atoms with Gasteiger partial charge >= 0.3 is 5.97 Å². The molecule has 1 heterocycles. The van der Waals surface area contributed by atoms with Crippen molar-refractivity contribution in [1.82, 2.24) is 0 Å². The van der Waals surface area contributed by atoms with E-state index in [1.807, 2.05) is 27.7 Å². The molecule has 1 aliphatic heterocycles. The number of anilines is 1. The second-order valence-corrected chi connectivity index (χ2v) is 5.43. The summed E-state index contributed by atoms with van der Waals surface area (Å²) in [6.07, 6.45) is 0. The van der Waals surface area contributed by atoms with Crippen molar-refractivity contribution >= 4 is 17.6 Å². The normalized spacial score (nSPS) is 17.2. The van der Waals surface area contributed by atoms with Crippen molar-refractivity contribution < 1.29 is 14.7 Å². The number of carboxylic acids is 1. The minimum absolute atomic E-state index is 0.0158. The Bertz CT molecular complexity index is 532. The second kappa shape index (κ2) is 3.83. The van der Waals surface area contributed by atoms with Crippen molar-refractivity contribution in [2.24, 2.45) is 0 Å². The lowest BCUT2D eigenvalue weighted by atomic mass is 9.86. The van der Waals surface area contributed by atoms with Gasteiger partial charge in [-0.3, -0.25) is 4.79 Å². The smallest absolute Gasteiger partial charge is 0.335 e. The molecule has 1 amide bonds. The van der Waals surface area contributed by atoms with Crippen LogP contribution in [0, 0.1) is 0 Å². The molecule has 4 nitrogen and oxygen atoms in total. The largest absolute Gasteiger partial charge is 0.478 e. The summed E-state index contributed by atoms with van der Waals surface area (Å²) in [6.45, 7) is 7.60. The molecule has 4 heteroatoms. The molecular formula is C14H17NO3. The topological polar surface area (TPSA) is 57.6 Å². The van der Waals surface area contributed by atoms with Crippen LogP contribution < -0.4 is 4.90 Å². The first-order valence-electron chi connectivity index (χ1n) is 5.98. The van der Waals surface area contributed by atoms with E-state index in [9.17, 15) is 9.59 Å². The Labute approximate surface area is 106 Å². The molecule has 0 bridgehead atoms. The third kappa shape index (κ3) is 1.60. The highest BCUT2D eigenvalue weighted by molar-refractivity contribution is 6.08. The molecule has 2 rings (SSSR count). The van der Waals surface area contributed by atoms with Crippen molar-refractivity contribution in [3.05, 3.63) is 29.3 Å². The zero-order valence-corrected chi connectivity index (χ0v) is 11.0. The van der Waals surface area contributed by atoms with Gasteiger partial charge in [0.25, 0.3) is 0 Å². The predicted octanol–water partition coefficient (Wildman–Crippen LogP) is 2.42. The predicted molar refractivity (Wildman–Crippen MR) is 69.0 cm³/mol. The van der Waals surface area contributed by atoms with E-state index in [2.05, 4.69) is 0 Å². The maximum atomic E-state index is 12.4. The van der Waals surface area contributed by atoms with Gasteiger partial charge in [0.1, 0.15) is 0 Å². The van der Waals surface area contributed by atoms with Crippen LogP contribution in [0.15, 0.2) is 18.2 Å². The number of fused-ring (bicyclic) bond motifs is 1. The fraction of sp³-hybridized carbons (Fsp3) is 0.429. The summed E-state index contributed by atoms with van der Waals surface area (Å²) < 4.78 is 0.